The Labute approximate surface area is 254 Å². The number of aromatic nitrogens is 1. The molecule has 41 heavy (non-hydrogen) atoms. The molecule has 2 aliphatic heterocycles. The van der Waals surface area contributed by atoms with Crippen LogP contribution in [0.25, 0.3) is 6.08 Å². The van der Waals surface area contributed by atoms with Crippen molar-refractivity contribution >= 4 is 63.7 Å². The summed E-state index contributed by atoms with van der Waals surface area (Å²) < 4.78 is 7.35. The molecule has 1 atom stereocenters. The van der Waals surface area contributed by atoms with Gasteiger partial charge in [-0.05, 0) is 56.4 Å². The van der Waals surface area contributed by atoms with Gasteiger partial charge < -0.3 is 9.64 Å². The summed E-state index contributed by atoms with van der Waals surface area (Å²) in [6, 6.07) is 9.40. The van der Waals surface area contributed by atoms with Crippen LogP contribution in [0.15, 0.2) is 34.0 Å². The number of carbonyl (C=O) groups excluding carboxylic acids is 2. The van der Waals surface area contributed by atoms with Crippen LogP contribution >= 0.6 is 35.6 Å². The highest BCUT2D eigenvalue weighted by molar-refractivity contribution is 8.26. The summed E-state index contributed by atoms with van der Waals surface area (Å²) in [5.74, 6) is -0.244. The van der Waals surface area contributed by atoms with E-state index < -0.39 is 0 Å². The van der Waals surface area contributed by atoms with E-state index >= 15 is 0 Å². The number of pyridine rings is 1. The van der Waals surface area contributed by atoms with E-state index in [9.17, 15) is 19.6 Å². The zero-order chi connectivity index (χ0) is 29.7. The molecule has 8 nitrogen and oxygen atoms in total. The van der Waals surface area contributed by atoms with E-state index in [0.717, 1.165) is 24.8 Å². The lowest BCUT2D eigenvalue weighted by Crippen LogP contribution is -2.43. The second-order valence-electron chi connectivity index (χ2n) is 10.1. The molecular weight excluding hydrogens is 580 g/mol. The van der Waals surface area contributed by atoms with Gasteiger partial charge >= 0.3 is 5.97 Å². The van der Waals surface area contributed by atoms with Gasteiger partial charge in [0.05, 0.1) is 24.0 Å². The lowest BCUT2D eigenvalue weighted by molar-refractivity contribution is -0.148. The van der Waals surface area contributed by atoms with Crippen LogP contribution in [0.5, 0.6) is 0 Å². The van der Waals surface area contributed by atoms with Crippen LogP contribution in [0.2, 0.25) is 5.02 Å². The minimum absolute atomic E-state index is 0.0431. The molecule has 1 aromatic heterocycles. The van der Waals surface area contributed by atoms with Crippen LogP contribution in [-0.4, -0.2) is 45.4 Å². The maximum atomic E-state index is 13.6. The van der Waals surface area contributed by atoms with Crippen molar-refractivity contribution in [1.29, 1.82) is 5.26 Å². The Morgan fingerprint density at radius 2 is 2.05 bits per heavy atom. The van der Waals surface area contributed by atoms with Crippen molar-refractivity contribution in [2.75, 3.05) is 24.6 Å². The smallest absolute Gasteiger partial charge is 0.310 e. The largest absolute Gasteiger partial charge is 0.466 e. The number of hydrogen-bond donors (Lipinski definition) is 0. The SMILES string of the molecule is CCCCn1c(N2CCCC(C(=O)OCC)C2)c(C=C2SC(=S)N(Cc3ccccc3Cl)C2=O)c(C)c(C#N)c1=O. The fourth-order valence-electron chi connectivity index (χ4n) is 5.19. The Hall–Kier alpha value is -3.13. The fraction of sp³-hybridized carbons (Fsp3) is 0.433. The second kappa shape index (κ2) is 13.7. The van der Waals surface area contributed by atoms with E-state index in [1.165, 1.54) is 16.7 Å². The van der Waals surface area contributed by atoms with Gasteiger partial charge in [0.15, 0.2) is 0 Å². The number of anilines is 1. The molecule has 0 aliphatic carbocycles. The number of esters is 1. The molecule has 0 radical (unpaired) electrons. The number of amides is 1. The summed E-state index contributed by atoms with van der Waals surface area (Å²) in [7, 11) is 0. The predicted octanol–water partition coefficient (Wildman–Crippen LogP) is 5.66. The highest BCUT2D eigenvalue weighted by atomic mass is 35.5. The molecule has 1 unspecified atom stereocenters. The van der Waals surface area contributed by atoms with Crippen molar-refractivity contribution in [3.63, 3.8) is 0 Å². The first kappa shape index (κ1) is 30.8. The molecule has 3 heterocycles. The summed E-state index contributed by atoms with van der Waals surface area (Å²) in [6.45, 7) is 7.50. The van der Waals surface area contributed by atoms with E-state index in [4.69, 9.17) is 28.6 Å². The maximum absolute atomic E-state index is 13.6. The van der Waals surface area contributed by atoms with Crippen LogP contribution in [0, 0.1) is 24.2 Å². The zero-order valence-corrected chi connectivity index (χ0v) is 25.8. The molecular formula is C30H33ClN4O4S2. The quantitative estimate of drug-likeness (QED) is 0.203. The van der Waals surface area contributed by atoms with Gasteiger partial charge in [-0.1, -0.05) is 67.1 Å². The number of nitrogens with zero attached hydrogens (tertiary/aromatic N) is 4. The summed E-state index contributed by atoms with van der Waals surface area (Å²) in [6.07, 6.45) is 4.76. The van der Waals surface area contributed by atoms with E-state index in [2.05, 4.69) is 6.07 Å². The molecule has 2 aliphatic rings. The van der Waals surface area contributed by atoms with Crippen molar-refractivity contribution in [3.05, 3.63) is 66.8 Å². The number of halogens is 1. The van der Waals surface area contributed by atoms with Gasteiger partial charge in [0.1, 0.15) is 21.8 Å². The molecule has 2 fully saturated rings. The molecule has 11 heteroatoms. The number of benzene rings is 1. The molecule has 0 spiro atoms. The van der Waals surface area contributed by atoms with Gasteiger partial charge in [-0.25, -0.2) is 0 Å². The maximum Gasteiger partial charge on any atom is 0.310 e. The Morgan fingerprint density at radius 3 is 2.73 bits per heavy atom. The summed E-state index contributed by atoms with van der Waals surface area (Å²) >= 11 is 13.1. The first-order chi connectivity index (χ1) is 19.7. The van der Waals surface area contributed by atoms with Gasteiger partial charge in [-0.15, -0.1) is 0 Å². The topological polar surface area (TPSA) is 95.6 Å². The third-order valence-electron chi connectivity index (χ3n) is 7.36. The van der Waals surface area contributed by atoms with Crippen LogP contribution < -0.4 is 10.5 Å². The Bertz CT molecular complexity index is 1500. The number of hydrogen-bond acceptors (Lipinski definition) is 8. The van der Waals surface area contributed by atoms with Crippen LogP contribution in [0.3, 0.4) is 0 Å². The standard InChI is InChI=1S/C30H33ClN4O4S2/c1-4-6-14-34-26(33-13-9-11-21(17-33)29(38)39-5-2)22(19(3)23(16-32)27(34)36)15-25-28(37)35(30(40)41-25)18-20-10-7-8-12-24(20)31/h7-8,10,12,15,21H,4-6,9,11,13-14,17-18H2,1-3H3. The monoisotopic (exact) mass is 612 g/mol. The summed E-state index contributed by atoms with van der Waals surface area (Å²) in [4.78, 5) is 43.8. The number of piperidine rings is 1. The molecule has 0 bridgehead atoms. The van der Waals surface area contributed by atoms with Gasteiger partial charge in [-0.3, -0.25) is 23.9 Å². The van der Waals surface area contributed by atoms with Gasteiger partial charge in [0, 0.05) is 30.2 Å². The highest BCUT2D eigenvalue weighted by Crippen LogP contribution is 2.38. The van der Waals surface area contributed by atoms with Gasteiger partial charge in [0.2, 0.25) is 0 Å². The molecule has 4 rings (SSSR count). The lowest BCUT2D eigenvalue weighted by Gasteiger charge is -2.36. The van der Waals surface area contributed by atoms with Crippen molar-refractivity contribution in [2.24, 2.45) is 5.92 Å². The average Bonchev–Trinajstić information content (AvgIpc) is 3.22. The van der Waals surface area contributed by atoms with Crippen LogP contribution in [-0.2, 0) is 27.4 Å². The van der Waals surface area contributed by atoms with Crippen molar-refractivity contribution < 1.29 is 14.3 Å². The Kier molecular flexibility index (Phi) is 10.3. The number of nitriles is 1. The van der Waals surface area contributed by atoms with Crippen LogP contribution in [0.4, 0.5) is 5.82 Å². The number of thiocarbonyl (C=S) groups is 1. The molecule has 216 valence electrons. The normalized spacial score (nSPS) is 18.2. The first-order valence-corrected chi connectivity index (χ1v) is 15.4. The molecule has 2 saturated heterocycles. The molecule has 2 aromatic rings. The molecule has 1 amide bonds. The minimum atomic E-state index is -0.366. The third-order valence-corrected chi connectivity index (χ3v) is 9.10. The molecule has 0 N–H and O–H groups in total. The number of rotatable bonds is 9. The predicted molar refractivity (Wildman–Crippen MR) is 167 cm³/mol. The number of thioether (sulfide) groups is 1. The van der Waals surface area contributed by atoms with E-state index in [-0.39, 0.29) is 35.5 Å². The molecule has 0 saturated carbocycles. The van der Waals surface area contributed by atoms with Crippen molar-refractivity contribution in [1.82, 2.24) is 9.47 Å². The minimum Gasteiger partial charge on any atom is -0.466 e. The third kappa shape index (κ3) is 6.53. The van der Waals surface area contributed by atoms with Gasteiger partial charge in [0.25, 0.3) is 11.5 Å². The van der Waals surface area contributed by atoms with Crippen molar-refractivity contribution in [3.8, 4) is 6.07 Å². The number of carbonyl (C=O) groups is 2. The Balaban J connectivity index is 1.82. The van der Waals surface area contributed by atoms with E-state index in [0.29, 0.717) is 63.9 Å². The first-order valence-electron chi connectivity index (χ1n) is 13.8. The number of unbranched alkanes of at least 4 members (excludes halogenated alkanes) is 1. The second-order valence-corrected chi connectivity index (χ2v) is 12.1. The lowest BCUT2D eigenvalue weighted by atomic mass is 9.96. The highest BCUT2D eigenvalue weighted by Gasteiger charge is 2.35. The zero-order valence-electron chi connectivity index (χ0n) is 23.4. The molecule has 1 aromatic carbocycles. The van der Waals surface area contributed by atoms with Gasteiger partial charge in [-0.2, -0.15) is 5.26 Å². The fourth-order valence-corrected chi connectivity index (χ4v) is 6.63. The van der Waals surface area contributed by atoms with E-state index in [1.807, 2.05) is 30.0 Å². The summed E-state index contributed by atoms with van der Waals surface area (Å²) in [5, 5.41) is 10.5. The number of ether oxygens (including phenoxy) is 1. The Morgan fingerprint density at radius 1 is 1.29 bits per heavy atom. The van der Waals surface area contributed by atoms with E-state index in [1.54, 1.807) is 30.6 Å². The summed E-state index contributed by atoms with van der Waals surface area (Å²) in [5.41, 5.74) is 1.56. The average molecular weight is 613 g/mol. The van der Waals surface area contributed by atoms with Crippen molar-refractivity contribution in [2.45, 2.75) is 59.5 Å². The van der Waals surface area contributed by atoms with Crippen LogP contribution in [0.1, 0.15) is 61.8 Å².